The lowest BCUT2D eigenvalue weighted by atomic mass is 10.1. The van der Waals surface area contributed by atoms with Crippen LogP contribution in [0.2, 0.25) is 0 Å². The Balaban J connectivity index is 0.000000806. The summed E-state index contributed by atoms with van der Waals surface area (Å²) in [5, 5.41) is 6.89. The summed E-state index contributed by atoms with van der Waals surface area (Å²) in [4.78, 5) is 29.5. The molecule has 1 fully saturated rings. The van der Waals surface area contributed by atoms with Crippen LogP contribution in [0.15, 0.2) is 22.6 Å². The van der Waals surface area contributed by atoms with E-state index in [-0.39, 0.29) is 29.9 Å². The number of nitrogens with zero attached hydrogens (tertiary/aromatic N) is 3. The number of carbonyl (C=O) groups excluding carboxylic acids is 1. The van der Waals surface area contributed by atoms with E-state index >= 15 is 0 Å². The highest BCUT2D eigenvalue weighted by Gasteiger charge is 2.31. The van der Waals surface area contributed by atoms with Gasteiger partial charge in [0, 0.05) is 37.7 Å². The van der Waals surface area contributed by atoms with Crippen molar-refractivity contribution in [3.8, 4) is 11.5 Å². The average Bonchev–Trinajstić information content (AvgIpc) is 3.17. The number of ether oxygens (including phenoxy) is 1. The van der Waals surface area contributed by atoms with Gasteiger partial charge < -0.3 is 19.2 Å². The minimum atomic E-state index is -0.683. The number of fused-ring (bicyclic) bond motifs is 1. The fraction of sp³-hybridized carbons (Fsp3) is 0.450. The minimum absolute atomic E-state index is 0.0453. The van der Waals surface area contributed by atoms with Crippen molar-refractivity contribution in [2.24, 2.45) is 0 Å². The fourth-order valence-corrected chi connectivity index (χ4v) is 3.57. The molecule has 3 heterocycles. The number of carboxylic acid groups (broad SMARTS) is 1. The largest absolute Gasteiger partial charge is 0.483 e. The van der Waals surface area contributed by atoms with Crippen molar-refractivity contribution >= 4 is 12.4 Å². The number of oxazole rings is 1. The van der Waals surface area contributed by atoms with Crippen molar-refractivity contribution in [1.82, 2.24) is 14.8 Å². The van der Waals surface area contributed by atoms with Gasteiger partial charge in [-0.2, -0.15) is 0 Å². The third-order valence-corrected chi connectivity index (χ3v) is 5.10. The van der Waals surface area contributed by atoms with Crippen LogP contribution < -0.4 is 0 Å². The molecule has 162 valence electrons. The number of morpholine rings is 1. The fourth-order valence-electron chi connectivity index (χ4n) is 3.57. The highest BCUT2D eigenvalue weighted by molar-refractivity contribution is 5.81. The van der Waals surface area contributed by atoms with Gasteiger partial charge in [-0.05, 0) is 19.1 Å². The summed E-state index contributed by atoms with van der Waals surface area (Å²) in [7, 11) is 0. The van der Waals surface area contributed by atoms with E-state index in [1.807, 2.05) is 6.92 Å². The molecule has 10 heteroatoms. The maximum atomic E-state index is 13.5. The van der Waals surface area contributed by atoms with E-state index in [4.69, 9.17) is 19.1 Å². The molecule has 0 radical (unpaired) electrons. The Labute approximate surface area is 172 Å². The smallest absolute Gasteiger partial charge is 0.290 e. The molecule has 1 aromatic carbocycles. The Morgan fingerprint density at radius 3 is 2.47 bits per heavy atom. The Morgan fingerprint density at radius 1 is 1.20 bits per heavy atom. The van der Waals surface area contributed by atoms with Crippen LogP contribution >= 0.6 is 0 Å². The van der Waals surface area contributed by atoms with E-state index < -0.39 is 11.6 Å². The minimum Gasteiger partial charge on any atom is -0.483 e. The molecule has 1 atom stereocenters. The number of carbonyl (C=O) groups is 2. The molecule has 1 N–H and O–H groups in total. The van der Waals surface area contributed by atoms with Crippen molar-refractivity contribution in [3.63, 3.8) is 0 Å². The molecule has 2 aromatic rings. The van der Waals surface area contributed by atoms with Gasteiger partial charge in [-0.15, -0.1) is 0 Å². The summed E-state index contributed by atoms with van der Waals surface area (Å²) in [6.45, 7) is 5.29. The Morgan fingerprint density at radius 2 is 1.83 bits per heavy atom. The number of hydrogen-bond donors (Lipinski definition) is 1. The molecule has 0 spiro atoms. The first-order chi connectivity index (χ1) is 14.4. The Kier molecular flexibility index (Phi) is 7.11. The third-order valence-electron chi connectivity index (χ3n) is 5.10. The summed E-state index contributed by atoms with van der Waals surface area (Å²) >= 11 is 0. The third kappa shape index (κ3) is 5.00. The van der Waals surface area contributed by atoms with E-state index in [1.54, 1.807) is 4.90 Å². The van der Waals surface area contributed by atoms with E-state index in [9.17, 15) is 13.6 Å². The highest BCUT2D eigenvalue weighted by Crippen LogP contribution is 2.27. The van der Waals surface area contributed by atoms with Crippen LogP contribution in [0.1, 0.15) is 18.4 Å². The maximum Gasteiger partial charge on any atom is 0.290 e. The van der Waals surface area contributed by atoms with Crippen LogP contribution in [0.5, 0.6) is 0 Å². The maximum absolute atomic E-state index is 13.5. The second kappa shape index (κ2) is 9.77. The zero-order chi connectivity index (χ0) is 21.7. The lowest BCUT2D eigenvalue weighted by molar-refractivity contribution is -0.139. The predicted octanol–water partition coefficient (Wildman–Crippen LogP) is 1.93. The lowest BCUT2D eigenvalue weighted by Crippen LogP contribution is -2.51. The van der Waals surface area contributed by atoms with Crippen molar-refractivity contribution in [1.29, 1.82) is 0 Å². The van der Waals surface area contributed by atoms with E-state index in [2.05, 4.69) is 9.88 Å². The quantitative estimate of drug-likeness (QED) is 0.754. The topological polar surface area (TPSA) is 96.1 Å². The zero-order valence-corrected chi connectivity index (χ0v) is 16.5. The number of rotatable bonds is 3. The highest BCUT2D eigenvalue weighted by atomic mass is 19.1. The van der Waals surface area contributed by atoms with Gasteiger partial charge in [0.2, 0.25) is 11.8 Å². The summed E-state index contributed by atoms with van der Waals surface area (Å²) in [5.74, 6) is -0.481. The van der Waals surface area contributed by atoms with Gasteiger partial charge in [-0.25, -0.2) is 13.8 Å². The number of aromatic nitrogens is 1. The van der Waals surface area contributed by atoms with Gasteiger partial charge in [0.1, 0.15) is 23.1 Å². The average molecular weight is 423 g/mol. The zero-order valence-electron chi connectivity index (χ0n) is 16.5. The molecule has 30 heavy (non-hydrogen) atoms. The lowest BCUT2D eigenvalue weighted by Gasteiger charge is -2.35. The molecule has 2 aliphatic rings. The number of amides is 1. The van der Waals surface area contributed by atoms with Gasteiger partial charge in [0.15, 0.2) is 0 Å². The monoisotopic (exact) mass is 423 g/mol. The van der Waals surface area contributed by atoms with Crippen LogP contribution in [0.25, 0.3) is 11.5 Å². The first-order valence-corrected chi connectivity index (χ1v) is 9.56. The number of halogens is 2. The van der Waals surface area contributed by atoms with Gasteiger partial charge in [-0.3, -0.25) is 14.5 Å². The van der Waals surface area contributed by atoms with E-state index in [1.165, 1.54) is 12.1 Å². The second-order valence-electron chi connectivity index (χ2n) is 6.99. The predicted molar refractivity (Wildman–Crippen MR) is 102 cm³/mol. The van der Waals surface area contributed by atoms with Crippen LogP contribution in [-0.2, 0) is 27.3 Å². The van der Waals surface area contributed by atoms with Crippen molar-refractivity contribution < 1.29 is 32.6 Å². The number of benzene rings is 1. The van der Waals surface area contributed by atoms with Crippen LogP contribution in [0, 0.1) is 11.6 Å². The van der Waals surface area contributed by atoms with E-state index in [0.29, 0.717) is 44.2 Å². The summed E-state index contributed by atoms with van der Waals surface area (Å²) < 4.78 is 37.9. The van der Waals surface area contributed by atoms with Crippen molar-refractivity contribution in [2.75, 3.05) is 32.8 Å². The molecule has 1 unspecified atom stereocenters. The Hall–Kier alpha value is -2.85. The van der Waals surface area contributed by atoms with E-state index in [0.717, 1.165) is 19.2 Å². The molecule has 0 saturated carbocycles. The molecular weight excluding hydrogens is 400 g/mol. The molecule has 2 aliphatic heterocycles. The molecule has 4 rings (SSSR count). The van der Waals surface area contributed by atoms with Crippen LogP contribution in [-0.4, -0.2) is 71.2 Å². The first kappa shape index (κ1) is 21.8. The molecule has 0 aliphatic carbocycles. The molecule has 1 amide bonds. The van der Waals surface area contributed by atoms with Crippen LogP contribution in [0.4, 0.5) is 8.78 Å². The first-order valence-electron chi connectivity index (χ1n) is 9.56. The van der Waals surface area contributed by atoms with Gasteiger partial charge in [0.05, 0.1) is 25.8 Å². The summed E-state index contributed by atoms with van der Waals surface area (Å²) in [6.07, 6.45) is 0.529. The molecule has 1 aromatic heterocycles. The molecular formula is C20H23F2N3O5. The summed E-state index contributed by atoms with van der Waals surface area (Å²) in [6, 6.07) is 2.95. The van der Waals surface area contributed by atoms with Gasteiger partial charge in [-0.1, -0.05) is 0 Å². The normalized spacial score (nSPS) is 17.5. The molecule has 0 bridgehead atoms. The van der Waals surface area contributed by atoms with Crippen LogP contribution in [0.3, 0.4) is 0 Å². The molecule has 1 saturated heterocycles. The van der Waals surface area contributed by atoms with Gasteiger partial charge >= 0.3 is 0 Å². The Bertz CT molecular complexity index is 878. The second-order valence-corrected chi connectivity index (χ2v) is 6.99. The van der Waals surface area contributed by atoms with Crippen molar-refractivity contribution in [3.05, 3.63) is 41.3 Å². The SMILES string of the molecule is CC(C(=O)N1CCc2oc(-c3cc(F)cc(F)c3)nc2C1)N1CCOCC1.O=CO. The standard InChI is InChI=1S/C19H21F2N3O3.CH2O2/c1-12(23-4-6-26-7-5-23)19(25)24-3-2-17-16(11-24)22-18(27-17)13-8-14(20)10-15(21)9-13;2-1-3/h8-10,12H,2-7,11H2,1H3;1H,(H,2,3). The number of hydrogen-bond acceptors (Lipinski definition) is 6. The molecule has 8 nitrogen and oxygen atoms in total. The van der Waals surface area contributed by atoms with Gasteiger partial charge in [0.25, 0.3) is 6.47 Å². The summed E-state index contributed by atoms with van der Waals surface area (Å²) in [5.41, 5.74) is 0.893. The van der Waals surface area contributed by atoms with Crippen molar-refractivity contribution in [2.45, 2.75) is 25.9 Å².